The van der Waals surface area contributed by atoms with Crippen LogP contribution in [0.4, 0.5) is 11.4 Å². The zero-order chi connectivity index (χ0) is 17.3. The number of hydrogen-bond acceptors (Lipinski definition) is 4. The Morgan fingerprint density at radius 1 is 0.958 bits per heavy atom. The molecule has 0 saturated carbocycles. The average molecular weight is 351 g/mol. The molecule has 1 fully saturated rings. The van der Waals surface area contributed by atoms with Crippen molar-refractivity contribution in [2.24, 2.45) is 5.92 Å². The van der Waals surface area contributed by atoms with Crippen molar-refractivity contribution in [2.75, 3.05) is 23.7 Å². The minimum absolute atomic E-state index is 0.132. The van der Waals surface area contributed by atoms with E-state index in [-0.39, 0.29) is 4.90 Å². The van der Waals surface area contributed by atoms with E-state index in [9.17, 15) is 18.0 Å². The first-order valence-electron chi connectivity index (χ1n) is 8.15. The molecule has 2 amide bonds. The molecule has 0 radical (unpaired) electrons. The van der Waals surface area contributed by atoms with E-state index in [1.807, 2.05) is 0 Å². The van der Waals surface area contributed by atoms with Crippen LogP contribution in [0.5, 0.6) is 0 Å². The number of carbonyl (C=O) groups is 2. The molecular formula is C16H21N3O4S. The molecule has 1 saturated heterocycles. The largest absolute Gasteiger partial charge is 0.324 e. The van der Waals surface area contributed by atoms with Gasteiger partial charge in [0, 0.05) is 13.1 Å². The summed E-state index contributed by atoms with van der Waals surface area (Å²) in [5.74, 6) is -1.69. The lowest BCUT2D eigenvalue weighted by atomic mass is 10.1. The van der Waals surface area contributed by atoms with Gasteiger partial charge in [0.25, 0.3) is 0 Å². The van der Waals surface area contributed by atoms with Crippen LogP contribution < -0.4 is 10.6 Å². The highest BCUT2D eigenvalue weighted by atomic mass is 32.2. The number of benzene rings is 1. The molecule has 24 heavy (non-hydrogen) atoms. The molecule has 2 N–H and O–H groups in total. The van der Waals surface area contributed by atoms with Crippen molar-refractivity contribution in [3.8, 4) is 0 Å². The van der Waals surface area contributed by atoms with E-state index in [1.54, 1.807) is 0 Å². The number of anilines is 2. The Kier molecular flexibility index (Phi) is 4.60. The van der Waals surface area contributed by atoms with Gasteiger partial charge in [0.05, 0.1) is 16.3 Å². The molecule has 0 bridgehead atoms. The lowest BCUT2D eigenvalue weighted by molar-refractivity contribution is -0.128. The van der Waals surface area contributed by atoms with E-state index >= 15 is 0 Å². The van der Waals surface area contributed by atoms with Gasteiger partial charge in [0.1, 0.15) is 5.92 Å². The number of sulfonamides is 1. The van der Waals surface area contributed by atoms with Crippen LogP contribution in [0.2, 0.25) is 0 Å². The van der Waals surface area contributed by atoms with Crippen LogP contribution in [0.1, 0.15) is 32.6 Å². The van der Waals surface area contributed by atoms with Gasteiger partial charge in [-0.25, -0.2) is 8.42 Å². The maximum absolute atomic E-state index is 12.8. The second-order valence-electron chi connectivity index (χ2n) is 6.23. The second kappa shape index (κ2) is 6.52. The summed E-state index contributed by atoms with van der Waals surface area (Å²) in [7, 11) is -3.61. The van der Waals surface area contributed by atoms with Crippen molar-refractivity contribution >= 4 is 33.2 Å². The van der Waals surface area contributed by atoms with Gasteiger partial charge in [-0.2, -0.15) is 4.31 Å². The molecule has 1 aromatic rings. The number of fused-ring (bicyclic) bond motifs is 1. The molecule has 0 aromatic heterocycles. The molecule has 130 valence electrons. The maximum Gasteiger partial charge on any atom is 0.243 e. The molecule has 2 aliphatic rings. The topological polar surface area (TPSA) is 95.6 Å². The fourth-order valence-corrected chi connectivity index (χ4v) is 4.47. The third-order valence-corrected chi connectivity index (χ3v) is 6.39. The third kappa shape index (κ3) is 3.16. The van der Waals surface area contributed by atoms with Crippen LogP contribution in [0.15, 0.2) is 23.1 Å². The number of nitrogens with zero attached hydrogens (tertiary/aromatic N) is 1. The van der Waals surface area contributed by atoms with Gasteiger partial charge in [-0.1, -0.05) is 12.8 Å². The van der Waals surface area contributed by atoms with E-state index in [0.29, 0.717) is 24.5 Å². The molecule has 8 heteroatoms. The fourth-order valence-electron chi connectivity index (χ4n) is 2.93. The Morgan fingerprint density at radius 2 is 1.54 bits per heavy atom. The second-order valence-corrected chi connectivity index (χ2v) is 8.16. The van der Waals surface area contributed by atoms with Crippen molar-refractivity contribution in [3.05, 3.63) is 18.2 Å². The van der Waals surface area contributed by atoms with Crippen LogP contribution in [0.3, 0.4) is 0 Å². The minimum atomic E-state index is -3.61. The smallest absolute Gasteiger partial charge is 0.243 e. The number of hydrogen-bond donors (Lipinski definition) is 2. The summed E-state index contributed by atoms with van der Waals surface area (Å²) in [4.78, 5) is 24.0. The lowest BCUT2D eigenvalue weighted by Gasteiger charge is -2.20. The van der Waals surface area contributed by atoms with Crippen LogP contribution in [-0.4, -0.2) is 37.6 Å². The van der Waals surface area contributed by atoms with Gasteiger partial charge in [-0.15, -0.1) is 0 Å². The lowest BCUT2D eigenvalue weighted by Crippen LogP contribution is -2.32. The summed E-state index contributed by atoms with van der Waals surface area (Å²) in [5.41, 5.74) is 0.723. The summed E-state index contributed by atoms with van der Waals surface area (Å²) in [5, 5.41) is 5.27. The zero-order valence-corrected chi connectivity index (χ0v) is 14.4. The van der Waals surface area contributed by atoms with Gasteiger partial charge < -0.3 is 10.6 Å². The van der Waals surface area contributed by atoms with Crippen LogP contribution >= 0.6 is 0 Å². The van der Waals surface area contributed by atoms with E-state index in [4.69, 9.17) is 0 Å². The van der Waals surface area contributed by atoms with Gasteiger partial charge >= 0.3 is 0 Å². The number of amides is 2. The Hall–Kier alpha value is -1.93. The Morgan fingerprint density at radius 3 is 2.17 bits per heavy atom. The monoisotopic (exact) mass is 351 g/mol. The summed E-state index contributed by atoms with van der Waals surface area (Å²) < 4.78 is 27.2. The van der Waals surface area contributed by atoms with Crippen LogP contribution in [0.25, 0.3) is 0 Å². The predicted octanol–water partition coefficient (Wildman–Crippen LogP) is 1.78. The first kappa shape index (κ1) is 16.9. The molecule has 3 rings (SSSR count). The highest BCUT2D eigenvalue weighted by Gasteiger charge is 2.29. The summed E-state index contributed by atoms with van der Waals surface area (Å²) in [6.07, 6.45) is 3.79. The van der Waals surface area contributed by atoms with E-state index in [0.717, 1.165) is 25.7 Å². The van der Waals surface area contributed by atoms with Gasteiger partial charge in [0.15, 0.2) is 0 Å². The zero-order valence-electron chi connectivity index (χ0n) is 13.5. The van der Waals surface area contributed by atoms with E-state index < -0.39 is 27.8 Å². The first-order valence-corrected chi connectivity index (χ1v) is 9.59. The molecule has 0 spiro atoms. The molecule has 0 unspecified atom stereocenters. The Bertz CT molecular complexity index is 768. The van der Waals surface area contributed by atoms with Crippen LogP contribution in [0, 0.1) is 5.92 Å². The molecular weight excluding hydrogens is 330 g/mol. The standard InChI is InChI=1S/C16H21N3O4S/c1-11-15(20)17-13-7-6-12(10-14(13)18-16(11)21)24(22,23)19-8-4-2-3-5-9-19/h6-7,10-11H,2-5,8-9H2,1H3,(H,17,20)(H,18,21)/t11-/m0/s1. The molecule has 1 aromatic carbocycles. The van der Waals surface area contributed by atoms with Crippen molar-refractivity contribution in [2.45, 2.75) is 37.5 Å². The quantitative estimate of drug-likeness (QED) is 0.794. The fraction of sp³-hybridized carbons (Fsp3) is 0.500. The van der Waals surface area contributed by atoms with Gasteiger partial charge in [0.2, 0.25) is 21.8 Å². The average Bonchev–Trinajstić information content (AvgIpc) is 2.89. The summed E-state index contributed by atoms with van der Waals surface area (Å²) in [6, 6.07) is 4.42. The normalized spacial score (nSPS) is 22.8. The highest BCUT2D eigenvalue weighted by molar-refractivity contribution is 7.89. The predicted molar refractivity (Wildman–Crippen MR) is 90.1 cm³/mol. The highest BCUT2D eigenvalue weighted by Crippen LogP contribution is 2.30. The Balaban J connectivity index is 1.95. The summed E-state index contributed by atoms with van der Waals surface area (Å²) in [6.45, 7) is 2.53. The number of rotatable bonds is 2. The van der Waals surface area contributed by atoms with Crippen molar-refractivity contribution in [3.63, 3.8) is 0 Å². The maximum atomic E-state index is 12.8. The van der Waals surface area contributed by atoms with E-state index in [1.165, 1.54) is 29.4 Å². The van der Waals surface area contributed by atoms with Gasteiger partial charge in [-0.3, -0.25) is 9.59 Å². The number of nitrogens with one attached hydrogen (secondary N) is 2. The number of carbonyl (C=O) groups excluding carboxylic acids is 2. The van der Waals surface area contributed by atoms with Crippen molar-refractivity contribution < 1.29 is 18.0 Å². The molecule has 7 nitrogen and oxygen atoms in total. The molecule has 1 atom stereocenters. The molecule has 2 aliphatic heterocycles. The van der Waals surface area contributed by atoms with Crippen LogP contribution in [-0.2, 0) is 19.6 Å². The minimum Gasteiger partial charge on any atom is -0.324 e. The summed E-state index contributed by atoms with van der Waals surface area (Å²) >= 11 is 0. The van der Waals surface area contributed by atoms with E-state index in [2.05, 4.69) is 10.6 Å². The molecule has 2 heterocycles. The Labute approximate surface area is 141 Å². The first-order chi connectivity index (χ1) is 11.4. The SMILES string of the molecule is C[C@H]1C(=O)Nc2ccc(S(=O)(=O)N3CCCCCC3)cc2NC1=O. The van der Waals surface area contributed by atoms with Gasteiger partial charge in [-0.05, 0) is 38.0 Å². The van der Waals surface area contributed by atoms with Crippen molar-refractivity contribution in [1.29, 1.82) is 0 Å². The third-order valence-electron chi connectivity index (χ3n) is 4.50. The van der Waals surface area contributed by atoms with Crippen molar-refractivity contribution in [1.82, 2.24) is 4.31 Å². The molecule has 0 aliphatic carbocycles.